The van der Waals surface area contributed by atoms with E-state index in [-0.39, 0.29) is 5.71 Å². The first-order valence-corrected chi connectivity index (χ1v) is 4.95. The average molecular weight is 212 g/mol. The van der Waals surface area contributed by atoms with E-state index in [1.54, 1.807) is 18.5 Å². The first kappa shape index (κ1) is 10.4. The summed E-state index contributed by atoms with van der Waals surface area (Å²) in [6.45, 7) is 0. The van der Waals surface area contributed by atoms with Crippen LogP contribution in [0.5, 0.6) is 0 Å². The molecule has 2 aromatic heterocycles. The van der Waals surface area contributed by atoms with E-state index in [2.05, 4.69) is 9.97 Å². The molecule has 2 rings (SSSR count). The van der Waals surface area contributed by atoms with E-state index in [4.69, 9.17) is 11.1 Å². The first-order valence-electron chi connectivity index (χ1n) is 4.95. The third kappa shape index (κ3) is 2.12. The fourth-order valence-corrected chi connectivity index (χ4v) is 1.39. The van der Waals surface area contributed by atoms with Gasteiger partial charge in [0, 0.05) is 12.4 Å². The van der Waals surface area contributed by atoms with Crippen molar-refractivity contribution < 1.29 is 0 Å². The van der Waals surface area contributed by atoms with Gasteiger partial charge in [-0.2, -0.15) is 0 Å². The Hall–Kier alpha value is -2.07. The molecule has 0 fully saturated rings. The summed E-state index contributed by atoms with van der Waals surface area (Å²) < 4.78 is 0. The smallest absolute Gasteiger partial charge is 0.0914 e. The summed E-state index contributed by atoms with van der Waals surface area (Å²) in [6, 6.07) is 10.4. The lowest BCUT2D eigenvalue weighted by Crippen LogP contribution is -2.23. The number of rotatable bonds is 3. The van der Waals surface area contributed by atoms with Crippen LogP contribution < -0.4 is 5.73 Å². The van der Waals surface area contributed by atoms with E-state index in [1.807, 2.05) is 30.3 Å². The molecule has 0 radical (unpaired) electrons. The Labute approximate surface area is 93.7 Å². The third-order valence-electron chi connectivity index (χ3n) is 2.26. The molecule has 0 spiro atoms. The third-order valence-corrected chi connectivity index (χ3v) is 2.26. The summed E-state index contributed by atoms with van der Waals surface area (Å²) in [5, 5.41) is 7.95. The highest BCUT2D eigenvalue weighted by Gasteiger charge is 2.15. The Morgan fingerprint density at radius 1 is 1.06 bits per heavy atom. The second-order valence-electron chi connectivity index (χ2n) is 3.36. The number of nitrogens with zero attached hydrogens (tertiary/aromatic N) is 2. The molecule has 0 saturated carbocycles. The van der Waals surface area contributed by atoms with Crippen LogP contribution in [0.3, 0.4) is 0 Å². The van der Waals surface area contributed by atoms with Gasteiger partial charge in [0.1, 0.15) is 0 Å². The van der Waals surface area contributed by atoms with Gasteiger partial charge in [-0.3, -0.25) is 9.97 Å². The predicted molar refractivity (Wildman–Crippen MR) is 62.2 cm³/mol. The van der Waals surface area contributed by atoms with Crippen LogP contribution in [0.4, 0.5) is 0 Å². The van der Waals surface area contributed by atoms with Crippen LogP contribution in [0, 0.1) is 5.41 Å². The largest absolute Gasteiger partial charge is 0.318 e. The molecule has 0 bridgehead atoms. The normalized spacial score (nSPS) is 12.1. The van der Waals surface area contributed by atoms with Gasteiger partial charge in [-0.1, -0.05) is 12.1 Å². The van der Waals surface area contributed by atoms with Crippen LogP contribution in [0.25, 0.3) is 0 Å². The number of nitrogens with two attached hydrogens (primary N) is 1. The molecule has 2 heterocycles. The minimum atomic E-state index is -0.531. The fourth-order valence-electron chi connectivity index (χ4n) is 1.39. The van der Waals surface area contributed by atoms with Gasteiger partial charge >= 0.3 is 0 Å². The molecule has 4 heteroatoms. The molecule has 2 aromatic rings. The molecular weight excluding hydrogens is 200 g/mol. The van der Waals surface area contributed by atoms with E-state index in [9.17, 15) is 0 Å². The second-order valence-corrected chi connectivity index (χ2v) is 3.36. The monoisotopic (exact) mass is 212 g/mol. The summed E-state index contributed by atoms with van der Waals surface area (Å²) in [7, 11) is 0. The lowest BCUT2D eigenvalue weighted by atomic mass is 10.1. The van der Waals surface area contributed by atoms with Gasteiger partial charge in [0.25, 0.3) is 0 Å². The number of nitrogens with one attached hydrogen (secondary N) is 1. The molecule has 80 valence electrons. The van der Waals surface area contributed by atoms with Crippen LogP contribution >= 0.6 is 0 Å². The zero-order valence-electron chi connectivity index (χ0n) is 8.67. The van der Waals surface area contributed by atoms with E-state index in [0.29, 0.717) is 11.4 Å². The first-order chi connectivity index (χ1) is 7.79. The highest BCUT2D eigenvalue weighted by atomic mass is 14.8. The molecule has 0 aliphatic carbocycles. The number of hydrogen-bond acceptors (Lipinski definition) is 4. The van der Waals surface area contributed by atoms with Gasteiger partial charge in [0.2, 0.25) is 0 Å². The van der Waals surface area contributed by atoms with Crippen molar-refractivity contribution in [1.82, 2.24) is 9.97 Å². The molecule has 0 aliphatic rings. The van der Waals surface area contributed by atoms with Crippen molar-refractivity contribution in [2.24, 2.45) is 5.73 Å². The molecule has 16 heavy (non-hydrogen) atoms. The van der Waals surface area contributed by atoms with Gasteiger partial charge < -0.3 is 11.1 Å². The van der Waals surface area contributed by atoms with Crippen LogP contribution in [0.15, 0.2) is 48.8 Å². The molecule has 0 saturated heterocycles. The zero-order valence-corrected chi connectivity index (χ0v) is 8.67. The molecular formula is C12H12N4. The van der Waals surface area contributed by atoms with E-state index < -0.39 is 6.04 Å². The maximum atomic E-state index is 7.95. The highest BCUT2D eigenvalue weighted by molar-refractivity contribution is 6.00. The van der Waals surface area contributed by atoms with E-state index >= 15 is 0 Å². The van der Waals surface area contributed by atoms with Crippen molar-refractivity contribution in [2.45, 2.75) is 6.04 Å². The number of aromatic nitrogens is 2. The summed E-state index contributed by atoms with van der Waals surface area (Å²) in [4.78, 5) is 8.22. The Kier molecular flexibility index (Phi) is 3.03. The molecule has 1 unspecified atom stereocenters. The Balaban J connectivity index is 2.24. The fraction of sp³-hybridized carbons (Fsp3) is 0.0833. The molecule has 0 amide bonds. The van der Waals surface area contributed by atoms with Crippen molar-refractivity contribution in [3.63, 3.8) is 0 Å². The molecule has 0 aliphatic heterocycles. The van der Waals surface area contributed by atoms with Crippen LogP contribution in [0.2, 0.25) is 0 Å². The van der Waals surface area contributed by atoms with Crippen LogP contribution in [0.1, 0.15) is 17.4 Å². The highest BCUT2D eigenvalue weighted by Crippen LogP contribution is 2.11. The lowest BCUT2D eigenvalue weighted by Gasteiger charge is -2.11. The number of pyridine rings is 2. The predicted octanol–water partition coefficient (Wildman–Crippen LogP) is 1.54. The summed E-state index contributed by atoms with van der Waals surface area (Å²) in [6.07, 6.45) is 3.32. The minimum Gasteiger partial charge on any atom is -0.318 e. The summed E-state index contributed by atoms with van der Waals surface area (Å²) in [5.74, 6) is 0. The van der Waals surface area contributed by atoms with Gasteiger partial charge in [0.15, 0.2) is 0 Å². The minimum absolute atomic E-state index is 0.277. The Morgan fingerprint density at radius 3 is 2.31 bits per heavy atom. The summed E-state index contributed by atoms with van der Waals surface area (Å²) >= 11 is 0. The topological polar surface area (TPSA) is 75.7 Å². The zero-order chi connectivity index (χ0) is 11.4. The van der Waals surface area contributed by atoms with Gasteiger partial charge in [-0.05, 0) is 24.3 Å². The molecule has 3 N–H and O–H groups in total. The van der Waals surface area contributed by atoms with Gasteiger partial charge in [-0.25, -0.2) is 0 Å². The molecule has 1 atom stereocenters. The molecule has 4 nitrogen and oxygen atoms in total. The second kappa shape index (κ2) is 4.63. The summed E-state index contributed by atoms with van der Waals surface area (Å²) in [5.41, 5.74) is 7.48. The van der Waals surface area contributed by atoms with Crippen molar-refractivity contribution in [1.29, 1.82) is 5.41 Å². The Bertz CT molecular complexity index is 467. The number of hydrogen-bond donors (Lipinski definition) is 2. The van der Waals surface area contributed by atoms with Gasteiger partial charge in [0.05, 0.1) is 23.1 Å². The Morgan fingerprint density at radius 2 is 1.75 bits per heavy atom. The van der Waals surface area contributed by atoms with Crippen LogP contribution in [-0.4, -0.2) is 15.7 Å². The van der Waals surface area contributed by atoms with E-state index in [1.165, 1.54) is 0 Å². The maximum Gasteiger partial charge on any atom is 0.0914 e. The SMILES string of the molecule is N=C(c1ccccn1)C(N)c1ccccn1. The maximum absolute atomic E-state index is 7.95. The molecule has 0 aromatic carbocycles. The van der Waals surface area contributed by atoms with Crippen molar-refractivity contribution in [2.75, 3.05) is 0 Å². The average Bonchev–Trinajstić information content (AvgIpc) is 2.39. The van der Waals surface area contributed by atoms with E-state index in [0.717, 1.165) is 0 Å². The standard InChI is InChI=1S/C12H12N4/c13-11(9-5-1-3-7-15-9)12(14)10-6-2-4-8-16-10/h1-8,11,14H,13H2. The van der Waals surface area contributed by atoms with Crippen LogP contribution in [-0.2, 0) is 0 Å². The quantitative estimate of drug-likeness (QED) is 0.758. The van der Waals surface area contributed by atoms with Crippen molar-refractivity contribution in [3.8, 4) is 0 Å². The lowest BCUT2D eigenvalue weighted by molar-refractivity contribution is 0.892. The van der Waals surface area contributed by atoms with Crippen molar-refractivity contribution in [3.05, 3.63) is 60.2 Å². The van der Waals surface area contributed by atoms with Gasteiger partial charge in [-0.15, -0.1) is 0 Å². The van der Waals surface area contributed by atoms with Crippen molar-refractivity contribution >= 4 is 5.71 Å².